The van der Waals surface area contributed by atoms with Crippen LogP contribution in [0.25, 0.3) is 0 Å². The van der Waals surface area contributed by atoms with Crippen molar-refractivity contribution in [2.75, 3.05) is 26.4 Å². The quantitative estimate of drug-likeness (QED) is 0.0199. The summed E-state index contributed by atoms with van der Waals surface area (Å²) in [4.78, 5) is 12.9. The Labute approximate surface area is 364 Å². The molecule has 0 amide bonds. The van der Waals surface area contributed by atoms with Crippen LogP contribution in [0.2, 0.25) is 0 Å². The van der Waals surface area contributed by atoms with Gasteiger partial charge < -0.3 is 34.3 Å². The molecular weight excluding hydrogens is 789 g/mol. The summed E-state index contributed by atoms with van der Waals surface area (Å²) >= 11 is 0. The smallest absolute Gasteiger partial charge is 0.397 e. The Bertz CT molecular complexity index is 1240. The summed E-state index contributed by atoms with van der Waals surface area (Å²) in [6.45, 7) is 3.91. The predicted octanol–water partition coefficient (Wildman–Crippen LogP) is 9.97. The molecule has 1 rings (SSSR count). The molecule has 0 aromatic heterocycles. The van der Waals surface area contributed by atoms with Gasteiger partial charge in [-0.2, -0.15) is 8.42 Å². The number of carbonyl (C=O) groups excluding carboxylic acids is 1. The van der Waals surface area contributed by atoms with Crippen molar-refractivity contribution in [2.24, 2.45) is 0 Å². The SMILES string of the molecule is CCCC/C=C\CCCCCCCCOCC(COC1OC(CO)C(O)C(OS(=O)(=O)O)C1O)OC(=O)CCCCCCCC/C=C\C/C=C\C/C=C\CCCCCCC. The summed E-state index contributed by atoms with van der Waals surface area (Å²) in [6, 6.07) is 0. The molecule has 350 valence electrons. The molecule has 0 bridgehead atoms. The van der Waals surface area contributed by atoms with Crippen molar-refractivity contribution in [3.63, 3.8) is 0 Å². The lowest BCUT2D eigenvalue weighted by atomic mass is 9.99. The zero-order valence-corrected chi connectivity index (χ0v) is 38.1. The van der Waals surface area contributed by atoms with E-state index < -0.39 is 59.8 Å². The van der Waals surface area contributed by atoms with Crippen LogP contribution in [0, 0.1) is 0 Å². The maximum Gasteiger partial charge on any atom is 0.397 e. The third kappa shape index (κ3) is 31.8. The Kier molecular flexibility index (Phi) is 36.2. The number of aliphatic hydroxyl groups is 3. The van der Waals surface area contributed by atoms with Crippen molar-refractivity contribution in [1.82, 2.24) is 0 Å². The number of unbranched alkanes of at least 4 members (excludes halogenated alkanes) is 19. The van der Waals surface area contributed by atoms with Gasteiger partial charge in [0.15, 0.2) is 6.29 Å². The van der Waals surface area contributed by atoms with Crippen molar-refractivity contribution >= 4 is 16.4 Å². The van der Waals surface area contributed by atoms with Crippen LogP contribution >= 0.6 is 0 Å². The first-order chi connectivity index (χ1) is 29.1. The highest BCUT2D eigenvalue weighted by Gasteiger charge is 2.48. The van der Waals surface area contributed by atoms with Gasteiger partial charge in [0.05, 0.1) is 19.8 Å². The maximum absolute atomic E-state index is 12.9. The van der Waals surface area contributed by atoms with Crippen molar-refractivity contribution in [3.05, 3.63) is 48.6 Å². The summed E-state index contributed by atoms with van der Waals surface area (Å²) in [5, 5.41) is 30.7. The van der Waals surface area contributed by atoms with Gasteiger partial charge in [0.25, 0.3) is 0 Å². The van der Waals surface area contributed by atoms with E-state index >= 15 is 0 Å². The molecule has 1 fully saturated rings. The second-order valence-electron chi connectivity index (χ2n) is 16.0. The van der Waals surface area contributed by atoms with Gasteiger partial charge in [-0.25, -0.2) is 4.18 Å². The van der Waals surface area contributed by atoms with Gasteiger partial charge >= 0.3 is 16.4 Å². The monoisotopic (exact) mass is 873 g/mol. The normalized spacial score (nSPS) is 20.7. The predicted molar refractivity (Wildman–Crippen MR) is 239 cm³/mol. The number of esters is 1. The lowest BCUT2D eigenvalue weighted by Gasteiger charge is -2.41. The number of ether oxygens (including phenoxy) is 4. The summed E-state index contributed by atoms with van der Waals surface area (Å²) < 4.78 is 59.0. The van der Waals surface area contributed by atoms with Crippen LogP contribution in [-0.2, 0) is 38.3 Å². The second kappa shape index (κ2) is 38.7. The molecular formula is C47H84O12S. The van der Waals surface area contributed by atoms with E-state index in [0.717, 1.165) is 83.5 Å². The number of rotatable bonds is 40. The minimum absolute atomic E-state index is 0.0251. The van der Waals surface area contributed by atoms with Crippen LogP contribution in [0.5, 0.6) is 0 Å². The molecule has 1 aliphatic heterocycles. The highest BCUT2D eigenvalue weighted by atomic mass is 32.3. The molecule has 0 aliphatic carbocycles. The minimum Gasteiger partial charge on any atom is -0.457 e. The van der Waals surface area contributed by atoms with Crippen LogP contribution < -0.4 is 0 Å². The van der Waals surface area contributed by atoms with Gasteiger partial charge in [-0.15, -0.1) is 0 Å². The molecule has 0 aromatic carbocycles. The van der Waals surface area contributed by atoms with E-state index in [9.17, 15) is 28.5 Å². The first-order valence-corrected chi connectivity index (χ1v) is 24.8. The van der Waals surface area contributed by atoms with E-state index in [1.807, 2.05) is 0 Å². The molecule has 6 unspecified atom stereocenters. The number of hydrogen-bond donors (Lipinski definition) is 4. The van der Waals surface area contributed by atoms with E-state index in [1.165, 1.54) is 70.6 Å². The summed E-state index contributed by atoms with van der Waals surface area (Å²) in [5.41, 5.74) is 0. The lowest BCUT2D eigenvalue weighted by molar-refractivity contribution is -0.301. The Hall–Kier alpha value is -1.94. The second-order valence-corrected chi connectivity index (χ2v) is 17.0. The molecule has 0 spiro atoms. The van der Waals surface area contributed by atoms with Crippen LogP contribution in [0.3, 0.4) is 0 Å². The molecule has 0 radical (unpaired) electrons. The highest BCUT2D eigenvalue weighted by Crippen LogP contribution is 2.26. The van der Waals surface area contributed by atoms with Crippen LogP contribution in [0.4, 0.5) is 0 Å². The first-order valence-electron chi connectivity index (χ1n) is 23.4. The Morgan fingerprint density at radius 1 is 0.633 bits per heavy atom. The van der Waals surface area contributed by atoms with Crippen molar-refractivity contribution in [3.8, 4) is 0 Å². The molecule has 1 aliphatic rings. The standard InChI is InChI=1S/C47H84O12S/c1-3-5-7-9-11-13-15-17-18-19-20-21-22-23-24-25-26-28-30-32-34-36-43(49)57-41(39-55-37-35-33-31-29-27-16-14-12-10-8-6-4-2)40-56-47-45(51)46(59-60(52,53)54)44(50)42(38-48)58-47/h10,12,15,17,19-20,22-23,41-42,44-48,50-51H,3-9,11,13-14,16,18,21,24-40H2,1-2H3,(H,52,53,54)/b12-10-,17-15-,20-19-,23-22-. The van der Waals surface area contributed by atoms with Crippen molar-refractivity contribution < 1.29 is 56.2 Å². The zero-order valence-electron chi connectivity index (χ0n) is 37.3. The molecule has 1 saturated heterocycles. The van der Waals surface area contributed by atoms with Gasteiger partial charge in [0.1, 0.15) is 30.5 Å². The summed E-state index contributed by atoms with van der Waals surface area (Å²) in [7, 11) is -5.06. The number of aliphatic hydroxyl groups excluding tert-OH is 3. The Morgan fingerprint density at radius 3 is 1.67 bits per heavy atom. The summed E-state index contributed by atoms with van der Waals surface area (Å²) in [5.74, 6) is -0.415. The molecule has 12 nitrogen and oxygen atoms in total. The third-order valence-corrected chi connectivity index (χ3v) is 10.9. The van der Waals surface area contributed by atoms with Crippen LogP contribution in [0.1, 0.15) is 181 Å². The molecule has 0 saturated carbocycles. The first kappa shape index (κ1) is 56.1. The number of allylic oxidation sites excluding steroid dienone is 8. The van der Waals surface area contributed by atoms with Gasteiger partial charge in [-0.05, 0) is 70.6 Å². The molecule has 1 heterocycles. The minimum atomic E-state index is -5.06. The van der Waals surface area contributed by atoms with E-state index in [0.29, 0.717) is 13.0 Å². The average Bonchev–Trinajstić information content (AvgIpc) is 3.22. The van der Waals surface area contributed by atoms with Crippen molar-refractivity contribution in [2.45, 2.75) is 218 Å². The molecule has 13 heteroatoms. The van der Waals surface area contributed by atoms with Gasteiger partial charge in [-0.3, -0.25) is 9.35 Å². The lowest BCUT2D eigenvalue weighted by Crippen LogP contribution is -2.60. The van der Waals surface area contributed by atoms with E-state index in [1.54, 1.807) is 0 Å². The average molecular weight is 873 g/mol. The van der Waals surface area contributed by atoms with Gasteiger partial charge in [-0.1, -0.05) is 152 Å². The Morgan fingerprint density at radius 2 is 1.12 bits per heavy atom. The number of carbonyl (C=O) groups is 1. The third-order valence-electron chi connectivity index (χ3n) is 10.4. The largest absolute Gasteiger partial charge is 0.457 e. The highest BCUT2D eigenvalue weighted by molar-refractivity contribution is 7.80. The fourth-order valence-corrected chi connectivity index (χ4v) is 7.34. The number of hydrogen-bond acceptors (Lipinski definition) is 11. The molecule has 4 N–H and O–H groups in total. The summed E-state index contributed by atoms with van der Waals surface area (Å²) in [6.07, 6.45) is 37.1. The Balaban J connectivity index is 2.41. The van der Waals surface area contributed by atoms with Gasteiger partial charge in [0, 0.05) is 13.0 Å². The van der Waals surface area contributed by atoms with Crippen molar-refractivity contribution in [1.29, 1.82) is 0 Å². The maximum atomic E-state index is 12.9. The molecule has 60 heavy (non-hydrogen) atoms. The van der Waals surface area contributed by atoms with E-state index in [-0.39, 0.29) is 19.6 Å². The fraction of sp³-hybridized carbons (Fsp3) is 0.809. The van der Waals surface area contributed by atoms with Crippen LogP contribution in [-0.4, -0.2) is 97.5 Å². The topological polar surface area (TPSA) is 178 Å². The molecule has 0 aromatic rings. The molecule has 6 atom stereocenters. The van der Waals surface area contributed by atoms with E-state index in [4.69, 9.17) is 23.5 Å². The van der Waals surface area contributed by atoms with Crippen LogP contribution in [0.15, 0.2) is 48.6 Å². The van der Waals surface area contributed by atoms with E-state index in [2.05, 4.69) is 66.6 Å². The van der Waals surface area contributed by atoms with Gasteiger partial charge in [0.2, 0.25) is 0 Å². The fourth-order valence-electron chi connectivity index (χ4n) is 6.84. The zero-order chi connectivity index (χ0) is 43.9.